The maximum atomic E-state index is 3.69. The lowest BCUT2D eigenvalue weighted by Crippen LogP contribution is -2.61. The van der Waals surface area contributed by atoms with Crippen LogP contribution in [-0.4, -0.2) is 37.6 Å². The van der Waals surface area contributed by atoms with Crippen LogP contribution in [0.25, 0.3) is 0 Å². The molecule has 2 saturated heterocycles. The van der Waals surface area contributed by atoms with Crippen LogP contribution in [0.3, 0.4) is 0 Å². The van der Waals surface area contributed by atoms with E-state index in [1.165, 1.54) is 71.2 Å². The summed E-state index contributed by atoms with van der Waals surface area (Å²) in [6, 6.07) is 0. The van der Waals surface area contributed by atoms with E-state index in [0.717, 1.165) is 17.3 Å². The predicted octanol–water partition coefficient (Wildman–Crippen LogP) is 2.50. The summed E-state index contributed by atoms with van der Waals surface area (Å²) in [5.74, 6) is 1.91. The Hall–Kier alpha value is -0.0800. The zero-order valence-corrected chi connectivity index (χ0v) is 11.4. The van der Waals surface area contributed by atoms with Crippen LogP contribution >= 0.6 is 0 Å². The van der Waals surface area contributed by atoms with Gasteiger partial charge in [0.1, 0.15) is 0 Å². The van der Waals surface area contributed by atoms with E-state index in [4.69, 9.17) is 0 Å². The molecule has 98 valence electrons. The van der Waals surface area contributed by atoms with Crippen LogP contribution < -0.4 is 5.32 Å². The first-order valence-corrected chi connectivity index (χ1v) is 7.78. The Balaban J connectivity index is 1.70. The molecule has 17 heavy (non-hydrogen) atoms. The fraction of sp³-hybridized carbons (Fsp3) is 1.00. The molecule has 0 unspecified atom stereocenters. The first kappa shape index (κ1) is 12.0. The second kappa shape index (κ2) is 4.89. The van der Waals surface area contributed by atoms with Gasteiger partial charge in [0.2, 0.25) is 0 Å². The van der Waals surface area contributed by atoms with Crippen molar-refractivity contribution in [3.8, 4) is 0 Å². The molecule has 2 heteroatoms. The molecule has 0 amide bonds. The predicted molar refractivity (Wildman–Crippen MR) is 72.1 cm³/mol. The Bertz CT molecular complexity index is 242. The smallest absolute Gasteiger partial charge is 0.00274 e. The highest BCUT2D eigenvalue weighted by atomic mass is 15.2. The van der Waals surface area contributed by atoms with E-state index in [1.807, 2.05) is 0 Å². The summed E-state index contributed by atoms with van der Waals surface area (Å²) in [6.45, 7) is 9.00. The molecule has 1 saturated carbocycles. The van der Waals surface area contributed by atoms with Crippen LogP contribution in [0.15, 0.2) is 0 Å². The van der Waals surface area contributed by atoms with E-state index in [-0.39, 0.29) is 0 Å². The highest BCUT2D eigenvalue weighted by molar-refractivity contribution is 5.04. The van der Waals surface area contributed by atoms with Crippen molar-refractivity contribution in [2.45, 2.75) is 45.4 Å². The molecular weight excluding hydrogens is 208 g/mol. The van der Waals surface area contributed by atoms with E-state index in [1.54, 1.807) is 0 Å². The lowest BCUT2D eigenvalue weighted by molar-refractivity contribution is -0.0453. The van der Waals surface area contributed by atoms with Gasteiger partial charge in [-0.3, -0.25) is 0 Å². The molecule has 1 spiro atoms. The maximum absolute atomic E-state index is 3.69. The van der Waals surface area contributed by atoms with Gasteiger partial charge in [0.25, 0.3) is 0 Å². The van der Waals surface area contributed by atoms with Crippen molar-refractivity contribution in [1.29, 1.82) is 0 Å². The monoisotopic (exact) mass is 236 g/mol. The minimum atomic E-state index is 0.758. The normalized spacial score (nSPS) is 36.5. The van der Waals surface area contributed by atoms with Crippen LogP contribution in [0.4, 0.5) is 0 Å². The third-order valence-corrected chi connectivity index (χ3v) is 5.73. The molecule has 2 aliphatic heterocycles. The first-order valence-electron chi connectivity index (χ1n) is 7.78. The van der Waals surface area contributed by atoms with Gasteiger partial charge < -0.3 is 10.2 Å². The molecule has 1 N–H and O–H groups in total. The minimum absolute atomic E-state index is 0.758. The zero-order chi connectivity index (χ0) is 11.7. The van der Waals surface area contributed by atoms with Gasteiger partial charge in [-0.25, -0.2) is 0 Å². The number of hydrogen-bond donors (Lipinski definition) is 1. The van der Waals surface area contributed by atoms with E-state index in [9.17, 15) is 0 Å². The number of rotatable bonds is 3. The fourth-order valence-electron chi connectivity index (χ4n) is 4.78. The van der Waals surface area contributed by atoms with Crippen molar-refractivity contribution in [2.24, 2.45) is 17.3 Å². The number of likely N-dealkylation sites (tertiary alicyclic amines) is 1. The van der Waals surface area contributed by atoms with Gasteiger partial charge in [-0.1, -0.05) is 26.2 Å². The molecule has 0 aromatic carbocycles. The zero-order valence-electron chi connectivity index (χ0n) is 11.4. The van der Waals surface area contributed by atoms with Gasteiger partial charge in [0, 0.05) is 13.1 Å². The second-order valence-electron chi connectivity index (χ2n) is 6.61. The second-order valence-corrected chi connectivity index (χ2v) is 6.61. The Kier molecular flexibility index (Phi) is 3.45. The SMILES string of the molecule is CCCCN1C[C@H]2CNC[C@@H](C1)C21CCCC1. The molecule has 3 aliphatic rings. The average Bonchev–Trinajstić information content (AvgIpc) is 2.77. The van der Waals surface area contributed by atoms with Gasteiger partial charge in [-0.2, -0.15) is 0 Å². The molecule has 2 bridgehead atoms. The summed E-state index contributed by atoms with van der Waals surface area (Å²) in [5.41, 5.74) is 0.758. The first-order chi connectivity index (χ1) is 8.35. The lowest BCUT2D eigenvalue weighted by atomic mass is 9.60. The Morgan fingerprint density at radius 3 is 2.35 bits per heavy atom. The fourth-order valence-corrected chi connectivity index (χ4v) is 4.78. The van der Waals surface area contributed by atoms with Crippen molar-refractivity contribution in [1.82, 2.24) is 10.2 Å². The van der Waals surface area contributed by atoms with Crippen LogP contribution in [0.1, 0.15) is 45.4 Å². The van der Waals surface area contributed by atoms with E-state index in [2.05, 4.69) is 17.1 Å². The van der Waals surface area contributed by atoms with Gasteiger partial charge in [-0.15, -0.1) is 0 Å². The largest absolute Gasteiger partial charge is 0.316 e. The Morgan fingerprint density at radius 2 is 1.76 bits per heavy atom. The lowest BCUT2D eigenvalue weighted by Gasteiger charge is -2.55. The molecule has 2 atom stereocenters. The molecule has 1 aliphatic carbocycles. The number of nitrogens with zero attached hydrogens (tertiary/aromatic N) is 1. The quantitative estimate of drug-likeness (QED) is 0.810. The highest BCUT2D eigenvalue weighted by Crippen LogP contribution is 2.53. The molecule has 0 aromatic rings. The van der Waals surface area contributed by atoms with E-state index >= 15 is 0 Å². The van der Waals surface area contributed by atoms with Gasteiger partial charge in [-0.05, 0) is 56.1 Å². The minimum Gasteiger partial charge on any atom is -0.316 e. The van der Waals surface area contributed by atoms with Crippen molar-refractivity contribution in [3.63, 3.8) is 0 Å². The van der Waals surface area contributed by atoms with Crippen LogP contribution in [0.5, 0.6) is 0 Å². The van der Waals surface area contributed by atoms with Crippen molar-refractivity contribution in [3.05, 3.63) is 0 Å². The molecule has 2 nitrogen and oxygen atoms in total. The molecule has 2 heterocycles. The third-order valence-electron chi connectivity index (χ3n) is 5.73. The summed E-state index contributed by atoms with van der Waals surface area (Å²) >= 11 is 0. The van der Waals surface area contributed by atoms with Crippen molar-refractivity contribution in [2.75, 3.05) is 32.7 Å². The summed E-state index contributed by atoms with van der Waals surface area (Å²) in [4.78, 5) is 2.77. The Morgan fingerprint density at radius 1 is 1.12 bits per heavy atom. The van der Waals surface area contributed by atoms with Crippen LogP contribution in [-0.2, 0) is 0 Å². The van der Waals surface area contributed by atoms with E-state index in [0.29, 0.717) is 0 Å². The van der Waals surface area contributed by atoms with E-state index < -0.39 is 0 Å². The average molecular weight is 236 g/mol. The summed E-state index contributed by atoms with van der Waals surface area (Å²) < 4.78 is 0. The van der Waals surface area contributed by atoms with Crippen molar-refractivity contribution >= 4 is 0 Å². The molecule has 3 rings (SSSR count). The van der Waals surface area contributed by atoms with Gasteiger partial charge >= 0.3 is 0 Å². The summed E-state index contributed by atoms with van der Waals surface area (Å²) in [7, 11) is 0. The maximum Gasteiger partial charge on any atom is 0.00274 e. The molecule has 0 radical (unpaired) electrons. The van der Waals surface area contributed by atoms with Crippen LogP contribution in [0, 0.1) is 17.3 Å². The number of piperidine rings is 2. The number of unbranched alkanes of at least 4 members (excludes halogenated alkanes) is 1. The van der Waals surface area contributed by atoms with Gasteiger partial charge in [0.05, 0.1) is 0 Å². The van der Waals surface area contributed by atoms with Gasteiger partial charge in [0.15, 0.2) is 0 Å². The molecule has 0 aromatic heterocycles. The summed E-state index contributed by atoms with van der Waals surface area (Å²) in [6.07, 6.45) is 8.80. The molecular formula is C15H28N2. The molecule has 3 fully saturated rings. The number of nitrogens with one attached hydrogen (secondary N) is 1. The highest BCUT2D eigenvalue weighted by Gasteiger charge is 2.52. The third kappa shape index (κ3) is 2.04. The van der Waals surface area contributed by atoms with Crippen LogP contribution in [0.2, 0.25) is 0 Å². The topological polar surface area (TPSA) is 15.3 Å². The van der Waals surface area contributed by atoms with Crippen molar-refractivity contribution < 1.29 is 0 Å². The summed E-state index contributed by atoms with van der Waals surface area (Å²) in [5, 5.41) is 3.69. The number of hydrogen-bond acceptors (Lipinski definition) is 2. The Labute approximate surface area is 106 Å². The standard InChI is InChI=1S/C15H28N2/c1-2-3-8-17-11-13-9-16-10-14(12-17)15(13)6-4-5-7-15/h13-14,16H,2-12H2,1H3/t13-,14+.